The van der Waals surface area contributed by atoms with Crippen molar-refractivity contribution in [2.45, 2.75) is 76.1 Å². The summed E-state index contributed by atoms with van der Waals surface area (Å²) in [5, 5.41) is 0. The summed E-state index contributed by atoms with van der Waals surface area (Å²) in [6, 6.07) is 0.712. The molecule has 222 valence electrons. The molecular weight excluding hydrogens is 553 g/mol. The highest BCUT2D eigenvalue weighted by molar-refractivity contribution is 5.77. The molecule has 2 aliphatic carbocycles. The maximum atomic E-state index is 13.8. The molecule has 0 N–H and O–H groups in total. The van der Waals surface area contributed by atoms with Crippen molar-refractivity contribution in [2.75, 3.05) is 13.7 Å². The molecule has 3 atom stereocenters. The van der Waals surface area contributed by atoms with E-state index in [9.17, 15) is 44.3 Å². The number of hydrogen-bond donors (Lipinski definition) is 0. The Morgan fingerprint density at radius 1 is 1.00 bits per heavy atom. The van der Waals surface area contributed by atoms with Crippen molar-refractivity contribution in [3.8, 4) is 0 Å². The largest absolute Gasteiger partial charge is 0.469 e. The fourth-order valence-electron chi connectivity index (χ4n) is 6.71. The minimum absolute atomic E-state index is 0.0425. The monoisotopic (exact) mass is 583 g/mol. The summed E-state index contributed by atoms with van der Waals surface area (Å²) in [6.45, 7) is -0.302. The Hall–Kier alpha value is -2.50. The Morgan fingerprint density at radius 3 is 2.20 bits per heavy atom. The van der Waals surface area contributed by atoms with Gasteiger partial charge in [-0.05, 0) is 74.2 Å². The fraction of sp³-hybridized carbons (Fsp3) is 0.607. The van der Waals surface area contributed by atoms with Gasteiger partial charge in [0.2, 0.25) is 0 Å². The molecule has 2 fully saturated rings. The first-order valence-corrected chi connectivity index (χ1v) is 13.1. The summed E-state index contributed by atoms with van der Waals surface area (Å²) in [7, 11) is 1.29. The van der Waals surface area contributed by atoms with E-state index >= 15 is 0 Å². The zero-order chi connectivity index (χ0) is 29.5. The van der Waals surface area contributed by atoms with E-state index in [2.05, 4.69) is 0 Å². The summed E-state index contributed by atoms with van der Waals surface area (Å²) in [5.41, 5.74) is -4.59. The highest BCUT2D eigenvalue weighted by atomic mass is 19.4. The summed E-state index contributed by atoms with van der Waals surface area (Å²) >= 11 is 0. The van der Waals surface area contributed by atoms with Gasteiger partial charge in [-0.1, -0.05) is 31.1 Å². The normalized spacial score (nSPS) is 26.1. The first kappa shape index (κ1) is 30.5. The third-order valence-corrected chi connectivity index (χ3v) is 8.69. The minimum Gasteiger partial charge on any atom is -0.469 e. The van der Waals surface area contributed by atoms with Crippen molar-refractivity contribution < 1.29 is 49.0 Å². The van der Waals surface area contributed by atoms with E-state index in [-0.39, 0.29) is 24.9 Å². The van der Waals surface area contributed by atoms with Crippen LogP contribution in [0, 0.1) is 17.3 Å². The van der Waals surface area contributed by atoms with Crippen LogP contribution in [-0.4, -0.2) is 36.7 Å². The zero-order valence-corrected chi connectivity index (χ0v) is 21.7. The second kappa shape index (κ2) is 11.1. The quantitative estimate of drug-likeness (QED) is 0.259. The molecule has 3 aliphatic rings. The van der Waals surface area contributed by atoms with Crippen molar-refractivity contribution >= 4 is 5.97 Å². The Morgan fingerprint density at radius 2 is 1.68 bits per heavy atom. The van der Waals surface area contributed by atoms with E-state index in [1.54, 1.807) is 4.90 Å². The molecule has 1 aromatic rings. The number of carbonyl (C=O) groups is 1. The first-order chi connectivity index (χ1) is 18.6. The molecule has 40 heavy (non-hydrogen) atoms. The van der Waals surface area contributed by atoms with Crippen LogP contribution in [-0.2, 0) is 28.4 Å². The van der Waals surface area contributed by atoms with Gasteiger partial charge in [-0.2, -0.15) is 39.5 Å². The van der Waals surface area contributed by atoms with Crippen LogP contribution in [0.3, 0.4) is 0 Å². The molecule has 1 saturated heterocycles. The van der Waals surface area contributed by atoms with Crippen LogP contribution in [0.4, 0.5) is 39.5 Å². The van der Waals surface area contributed by atoms with Crippen LogP contribution >= 0.6 is 0 Å². The van der Waals surface area contributed by atoms with Crippen LogP contribution < -0.4 is 0 Å². The average molecular weight is 584 g/mol. The molecule has 3 nitrogen and oxygen atoms in total. The maximum absolute atomic E-state index is 13.8. The Kier molecular flexibility index (Phi) is 8.42. The lowest BCUT2D eigenvalue weighted by molar-refractivity contribution is -0.158. The van der Waals surface area contributed by atoms with Gasteiger partial charge in [-0.15, -0.1) is 0 Å². The maximum Gasteiger partial charge on any atom is 0.416 e. The van der Waals surface area contributed by atoms with Gasteiger partial charge >= 0.3 is 24.5 Å². The molecule has 2 unspecified atom stereocenters. The van der Waals surface area contributed by atoms with Crippen LogP contribution in [0.5, 0.6) is 0 Å². The molecule has 0 spiro atoms. The van der Waals surface area contributed by atoms with Crippen LogP contribution in [0.25, 0.3) is 0 Å². The van der Waals surface area contributed by atoms with Crippen molar-refractivity contribution in [2.24, 2.45) is 17.3 Å². The number of nitrogens with zero attached hydrogens (tertiary/aromatic N) is 1. The lowest BCUT2D eigenvalue weighted by Crippen LogP contribution is -2.51. The number of esters is 1. The van der Waals surface area contributed by atoms with E-state index in [1.807, 2.05) is 0 Å². The van der Waals surface area contributed by atoms with Crippen molar-refractivity contribution in [1.29, 1.82) is 0 Å². The number of likely N-dealkylation sites (tertiary alicyclic amines) is 1. The van der Waals surface area contributed by atoms with E-state index in [1.165, 1.54) is 13.2 Å². The highest BCUT2D eigenvalue weighted by Gasteiger charge is 2.51. The third kappa shape index (κ3) is 6.21. The zero-order valence-electron chi connectivity index (χ0n) is 21.7. The number of hydrogen-bond acceptors (Lipinski definition) is 3. The molecule has 1 aromatic carbocycles. The minimum atomic E-state index is -4.90. The van der Waals surface area contributed by atoms with Gasteiger partial charge < -0.3 is 4.74 Å². The second-order valence-corrected chi connectivity index (χ2v) is 10.9. The number of piperidine rings is 1. The summed E-state index contributed by atoms with van der Waals surface area (Å²) in [5.74, 6) is -1.14. The molecule has 0 amide bonds. The summed E-state index contributed by atoms with van der Waals surface area (Å²) in [6.07, 6.45) is -7.61. The number of carbonyl (C=O) groups excluding carboxylic acids is 1. The van der Waals surface area contributed by atoms with Gasteiger partial charge in [0.25, 0.3) is 0 Å². The van der Waals surface area contributed by atoms with Crippen LogP contribution in [0.1, 0.15) is 61.6 Å². The van der Waals surface area contributed by atoms with Crippen molar-refractivity contribution in [1.82, 2.24) is 4.90 Å². The Labute approximate surface area is 226 Å². The van der Waals surface area contributed by atoms with Crippen LogP contribution in [0.2, 0.25) is 0 Å². The number of halogens is 9. The first-order valence-electron chi connectivity index (χ1n) is 13.1. The predicted molar refractivity (Wildman–Crippen MR) is 128 cm³/mol. The van der Waals surface area contributed by atoms with Crippen LogP contribution in [0.15, 0.2) is 42.0 Å². The number of rotatable bonds is 5. The lowest BCUT2D eigenvalue weighted by Gasteiger charge is -2.48. The van der Waals surface area contributed by atoms with E-state index in [0.29, 0.717) is 43.9 Å². The number of ether oxygens (including phenoxy) is 1. The average Bonchev–Trinajstić information content (AvgIpc) is 3.38. The number of methoxy groups -OCH3 is 1. The third-order valence-electron chi connectivity index (χ3n) is 8.69. The van der Waals surface area contributed by atoms with Gasteiger partial charge in [0, 0.05) is 12.6 Å². The molecule has 0 aromatic heterocycles. The van der Waals surface area contributed by atoms with Crippen molar-refractivity contribution in [3.63, 3.8) is 0 Å². The lowest BCUT2D eigenvalue weighted by atomic mass is 9.66. The molecule has 1 heterocycles. The standard InChI is InChI=1S/C28H30F9NO2/c1-40-24(39)25(11-2-3-12-25)20-10-13-38(23(15-20)17-4-6-19(7-5-17)26(29,30)31)16-18-14-21(27(32,33)34)8-9-22(18)28(35,36)37/h4,6-9,14,17,20,23H,2-3,5,10-13,15-16H2,1H3/t17?,20?,23-/m1/s1. The number of allylic oxidation sites excluding steroid dienone is 3. The number of alkyl halides is 9. The highest BCUT2D eigenvalue weighted by Crippen LogP contribution is 2.51. The summed E-state index contributed by atoms with van der Waals surface area (Å²) in [4.78, 5) is 14.5. The van der Waals surface area contributed by atoms with Gasteiger partial charge in [0.15, 0.2) is 0 Å². The molecule has 1 aliphatic heterocycles. The molecule has 4 rings (SSSR count). The van der Waals surface area contributed by atoms with Gasteiger partial charge in [0.1, 0.15) is 0 Å². The van der Waals surface area contributed by atoms with Crippen molar-refractivity contribution in [3.05, 3.63) is 58.7 Å². The molecule has 0 radical (unpaired) electrons. The SMILES string of the molecule is COC(=O)C1(C2CCN(Cc3cc(C(F)(F)F)ccc3C(F)(F)F)[C@@H](C3C=CC(C(F)(F)F)=CC3)C2)CCCC1. The van der Waals surface area contributed by atoms with Gasteiger partial charge in [-0.25, -0.2) is 0 Å². The second-order valence-electron chi connectivity index (χ2n) is 10.9. The van der Waals surface area contributed by atoms with E-state index in [4.69, 9.17) is 4.74 Å². The Bertz CT molecular complexity index is 1140. The molecule has 1 saturated carbocycles. The van der Waals surface area contributed by atoms with Gasteiger partial charge in [0.05, 0.1) is 29.2 Å². The molecule has 0 bridgehead atoms. The molecule has 12 heteroatoms. The molecular formula is C28H30F9NO2. The number of benzene rings is 1. The topological polar surface area (TPSA) is 29.5 Å². The summed E-state index contributed by atoms with van der Waals surface area (Å²) < 4.78 is 126. The fourth-order valence-corrected chi connectivity index (χ4v) is 6.71. The Balaban J connectivity index is 1.69. The van der Waals surface area contributed by atoms with E-state index in [0.717, 1.165) is 25.0 Å². The predicted octanol–water partition coefficient (Wildman–Crippen LogP) is 8.10. The smallest absolute Gasteiger partial charge is 0.416 e. The van der Waals surface area contributed by atoms with Gasteiger partial charge in [-0.3, -0.25) is 9.69 Å². The van der Waals surface area contributed by atoms with E-state index < -0.39 is 64.7 Å².